The van der Waals surface area contributed by atoms with Crippen LogP contribution in [-0.2, 0) is 14.3 Å². The van der Waals surface area contributed by atoms with Gasteiger partial charge in [0.25, 0.3) is 5.91 Å². The van der Waals surface area contributed by atoms with Gasteiger partial charge in [-0.25, -0.2) is 19.2 Å². The van der Waals surface area contributed by atoms with Gasteiger partial charge in [-0.2, -0.15) is 0 Å². The maximum atomic E-state index is 15.1. The molecule has 0 spiro atoms. The predicted molar refractivity (Wildman–Crippen MR) is 107 cm³/mol. The molecular formula is C21H21F2N3O5. The monoisotopic (exact) mass is 433 g/mol. The van der Waals surface area contributed by atoms with Crippen molar-refractivity contribution in [1.82, 2.24) is 10.5 Å². The van der Waals surface area contributed by atoms with E-state index in [1.165, 1.54) is 18.2 Å². The number of anilines is 2. The minimum absolute atomic E-state index is 0.000971. The fourth-order valence-electron chi connectivity index (χ4n) is 3.22. The Balaban J connectivity index is 1.57. The Bertz CT molecular complexity index is 1130. The molecule has 1 atom stereocenters. The summed E-state index contributed by atoms with van der Waals surface area (Å²) in [5, 5.41) is 2.65. The lowest BCUT2D eigenvalue weighted by atomic mass is 10.1. The fourth-order valence-corrected chi connectivity index (χ4v) is 3.22. The molecule has 1 aromatic heterocycles. The fraction of sp³-hybridized carbons (Fsp3) is 0.333. The molecule has 1 fully saturated rings. The largest absolute Gasteiger partial charge is 0.443 e. The van der Waals surface area contributed by atoms with E-state index >= 15 is 4.39 Å². The maximum absolute atomic E-state index is 15.1. The number of oxazole rings is 1. The number of ether oxygens (including phenoxy) is 2. The van der Waals surface area contributed by atoms with E-state index in [0.717, 1.165) is 6.39 Å². The summed E-state index contributed by atoms with van der Waals surface area (Å²) in [6.45, 7) is 5.59. The Morgan fingerprint density at radius 2 is 2.13 bits per heavy atom. The minimum Gasteiger partial charge on any atom is -0.443 e. The van der Waals surface area contributed by atoms with Crippen molar-refractivity contribution in [2.75, 3.05) is 18.5 Å². The van der Waals surface area contributed by atoms with Crippen LogP contribution in [0.25, 0.3) is 11.1 Å². The quantitative estimate of drug-likeness (QED) is 0.568. The van der Waals surface area contributed by atoms with Crippen LogP contribution in [0.3, 0.4) is 0 Å². The van der Waals surface area contributed by atoms with Gasteiger partial charge in [-0.15, -0.1) is 0 Å². The van der Waals surface area contributed by atoms with Crippen molar-refractivity contribution in [3.8, 4) is 0 Å². The van der Waals surface area contributed by atoms with Gasteiger partial charge in [-0.05, 0) is 44.5 Å². The van der Waals surface area contributed by atoms with E-state index in [-0.39, 0.29) is 40.7 Å². The maximum Gasteiger partial charge on any atom is 0.277 e. The second-order valence-corrected chi connectivity index (χ2v) is 7.61. The topological polar surface area (TPSA) is 94.9 Å². The van der Waals surface area contributed by atoms with Gasteiger partial charge in [-0.3, -0.25) is 9.63 Å². The zero-order valence-electron chi connectivity index (χ0n) is 17.1. The van der Waals surface area contributed by atoms with Crippen LogP contribution < -0.4 is 10.8 Å². The summed E-state index contributed by atoms with van der Waals surface area (Å²) in [6, 6.07) is 5.71. The molecule has 8 nitrogen and oxygen atoms in total. The Kier molecular flexibility index (Phi) is 5.61. The number of amides is 1. The lowest BCUT2D eigenvalue weighted by molar-refractivity contribution is -0.147. The summed E-state index contributed by atoms with van der Waals surface area (Å²) in [5.41, 5.74) is 2.51. The first-order chi connectivity index (χ1) is 14.7. The van der Waals surface area contributed by atoms with Gasteiger partial charge >= 0.3 is 0 Å². The molecule has 1 saturated heterocycles. The standard InChI is InChI=1S/C21H21F2N3O5/c1-11-4-5-15(14(22)6-11)25-18-13(7-16-19(17(18)23)24-10-28-16)20(27)26-30-9-12-8-29-21(2,3)31-12/h4-7,10,12,25H,8-9H2,1-3H3,(H,26,27). The zero-order chi connectivity index (χ0) is 22.2. The summed E-state index contributed by atoms with van der Waals surface area (Å²) in [7, 11) is 0. The van der Waals surface area contributed by atoms with E-state index in [2.05, 4.69) is 15.8 Å². The molecule has 164 valence electrons. The van der Waals surface area contributed by atoms with E-state index < -0.39 is 23.3 Å². The molecule has 3 aromatic rings. The van der Waals surface area contributed by atoms with Crippen molar-refractivity contribution in [2.45, 2.75) is 32.7 Å². The third kappa shape index (κ3) is 4.50. The van der Waals surface area contributed by atoms with Gasteiger partial charge < -0.3 is 19.2 Å². The van der Waals surface area contributed by atoms with Gasteiger partial charge in [0.2, 0.25) is 0 Å². The molecule has 10 heteroatoms. The highest BCUT2D eigenvalue weighted by Gasteiger charge is 2.33. The lowest BCUT2D eigenvalue weighted by Gasteiger charge is -2.17. The molecule has 1 amide bonds. The van der Waals surface area contributed by atoms with Crippen molar-refractivity contribution < 1.29 is 32.3 Å². The van der Waals surface area contributed by atoms with E-state index in [1.54, 1.807) is 26.8 Å². The van der Waals surface area contributed by atoms with Crippen molar-refractivity contribution >= 4 is 28.4 Å². The minimum atomic E-state index is -0.856. The summed E-state index contributed by atoms with van der Waals surface area (Å²) < 4.78 is 45.6. The van der Waals surface area contributed by atoms with Crippen molar-refractivity contribution in [3.05, 3.63) is 53.4 Å². The Morgan fingerprint density at radius 1 is 1.32 bits per heavy atom. The van der Waals surface area contributed by atoms with E-state index in [1.807, 2.05) is 0 Å². The molecule has 0 radical (unpaired) electrons. The van der Waals surface area contributed by atoms with Crippen LogP contribution in [-0.4, -0.2) is 36.0 Å². The molecule has 0 saturated carbocycles. The Hall–Kier alpha value is -3.08. The first-order valence-electron chi connectivity index (χ1n) is 9.56. The first kappa shape index (κ1) is 21.2. The second kappa shape index (κ2) is 8.22. The number of rotatable bonds is 6. The predicted octanol–water partition coefficient (Wildman–Crippen LogP) is 3.97. The number of hydrogen-bond acceptors (Lipinski definition) is 7. The molecule has 31 heavy (non-hydrogen) atoms. The van der Waals surface area contributed by atoms with Gasteiger partial charge in [0.1, 0.15) is 24.0 Å². The molecule has 0 bridgehead atoms. The van der Waals surface area contributed by atoms with Gasteiger partial charge in [0.15, 0.2) is 23.6 Å². The van der Waals surface area contributed by atoms with Gasteiger partial charge in [0, 0.05) is 0 Å². The Labute approximate surface area is 176 Å². The number of hydroxylamine groups is 1. The summed E-state index contributed by atoms with van der Waals surface area (Å²) in [5.74, 6) is -2.94. The molecular weight excluding hydrogens is 412 g/mol. The van der Waals surface area contributed by atoms with Gasteiger partial charge in [-0.1, -0.05) is 6.07 Å². The second-order valence-electron chi connectivity index (χ2n) is 7.61. The third-order valence-corrected chi connectivity index (χ3v) is 4.70. The summed E-state index contributed by atoms with van der Waals surface area (Å²) in [4.78, 5) is 21.8. The molecule has 2 aromatic carbocycles. The highest BCUT2D eigenvalue weighted by atomic mass is 19.1. The normalized spacial score (nSPS) is 17.8. The van der Waals surface area contributed by atoms with Crippen LogP contribution in [0.15, 0.2) is 35.1 Å². The van der Waals surface area contributed by atoms with Crippen molar-refractivity contribution in [2.24, 2.45) is 0 Å². The van der Waals surface area contributed by atoms with Crippen molar-refractivity contribution in [1.29, 1.82) is 0 Å². The van der Waals surface area contributed by atoms with Crippen LogP contribution in [0.1, 0.15) is 29.8 Å². The average Bonchev–Trinajstić information content (AvgIpc) is 3.31. The number of carbonyl (C=O) groups excluding carboxylic acids is 1. The number of carbonyl (C=O) groups is 1. The molecule has 1 aliphatic heterocycles. The van der Waals surface area contributed by atoms with Crippen LogP contribution in [0.5, 0.6) is 0 Å². The molecule has 2 heterocycles. The highest BCUT2D eigenvalue weighted by molar-refractivity contribution is 6.03. The van der Waals surface area contributed by atoms with Crippen LogP contribution in [0.2, 0.25) is 0 Å². The Morgan fingerprint density at radius 3 is 2.84 bits per heavy atom. The van der Waals surface area contributed by atoms with E-state index in [9.17, 15) is 9.18 Å². The third-order valence-electron chi connectivity index (χ3n) is 4.70. The number of aryl methyl sites for hydroxylation is 1. The smallest absolute Gasteiger partial charge is 0.277 e. The number of aromatic nitrogens is 1. The SMILES string of the molecule is Cc1ccc(Nc2c(C(=O)NOCC3COC(C)(C)O3)cc3ocnc3c2F)c(F)c1. The zero-order valence-corrected chi connectivity index (χ0v) is 17.1. The average molecular weight is 433 g/mol. The molecule has 1 unspecified atom stereocenters. The van der Waals surface area contributed by atoms with Crippen LogP contribution in [0, 0.1) is 18.6 Å². The van der Waals surface area contributed by atoms with Crippen molar-refractivity contribution in [3.63, 3.8) is 0 Å². The first-order valence-corrected chi connectivity index (χ1v) is 9.56. The highest BCUT2D eigenvalue weighted by Crippen LogP contribution is 2.32. The van der Waals surface area contributed by atoms with E-state index in [0.29, 0.717) is 12.2 Å². The number of nitrogens with one attached hydrogen (secondary N) is 2. The number of benzene rings is 2. The summed E-state index contributed by atoms with van der Waals surface area (Å²) in [6.07, 6.45) is 0.685. The number of fused-ring (bicyclic) bond motifs is 1. The molecule has 2 N–H and O–H groups in total. The molecule has 0 aliphatic carbocycles. The van der Waals surface area contributed by atoms with E-state index in [4.69, 9.17) is 18.7 Å². The van der Waals surface area contributed by atoms with Gasteiger partial charge in [0.05, 0.1) is 23.5 Å². The molecule has 4 rings (SSSR count). The number of nitrogens with zero attached hydrogens (tertiary/aromatic N) is 1. The lowest BCUT2D eigenvalue weighted by Crippen LogP contribution is -2.31. The molecule has 1 aliphatic rings. The van der Waals surface area contributed by atoms with Crippen LogP contribution in [0.4, 0.5) is 20.2 Å². The summed E-state index contributed by atoms with van der Waals surface area (Å²) >= 11 is 0. The number of hydrogen-bond donors (Lipinski definition) is 2. The number of halogens is 2. The van der Waals surface area contributed by atoms with Crippen LogP contribution >= 0.6 is 0 Å².